The molecule has 0 saturated carbocycles. The third-order valence-corrected chi connectivity index (χ3v) is 3.95. The minimum Gasteiger partial charge on any atom is -0.380 e. The van der Waals surface area contributed by atoms with Gasteiger partial charge >= 0.3 is 0 Å². The van der Waals surface area contributed by atoms with Gasteiger partial charge in [-0.15, -0.1) is 0 Å². The van der Waals surface area contributed by atoms with Gasteiger partial charge < -0.3 is 15.0 Å². The lowest BCUT2D eigenvalue weighted by molar-refractivity contribution is -0.132. The van der Waals surface area contributed by atoms with Crippen molar-refractivity contribution < 1.29 is 9.53 Å². The molecule has 2 rings (SSSR count). The monoisotopic (exact) mass is 276 g/mol. The highest BCUT2D eigenvalue weighted by Crippen LogP contribution is 2.13. The van der Waals surface area contributed by atoms with Crippen LogP contribution in [0.15, 0.2) is 24.3 Å². The van der Waals surface area contributed by atoms with Crippen molar-refractivity contribution in [2.75, 3.05) is 20.7 Å². The van der Waals surface area contributed by atoms with Gasteiger partial charge in [0.15, 0.2) is 0 Å². The maximum atomic E-state index is 12.3. The number of nitrogens with one attached hydrogen (secondary N) is 1. The van der Waals surface area contributed by atoms with Crippen molar-refractivity contribution in [1.29, 1.82) is 0 Å². The molecule has 1 aromatic carbocycles. The average molecular weight is 276 g/mol. The Morgan fingerprint density at radius 1 is 1.35 bits per heavy atom. The standard InChI is InChI=1S/C16H24N2O2/c1-4-12-5-7-13(8-6-12)11-18(2)16(19)15-9-14(20-3)10-17-15/h5-8,14-15,17H,4,9-11H2,1-3H3. The van der Waals surface area contributed by atoms with E-state index in [1.165, 1.54) is 11.1 Å². The second kappa shape index (κ2) is 6.86. The molecule has 1 aliphatic rings. The number of hydrogen-bond acceptors (Lipinski definition) is 3. The van der Waals surface area contributed by atoms with Crippen LogP contribution in [0.1, 0.15) is 24.5 Å². The van der Waals surface area contributed by atoms with Crippen LogP contribution in [0, 0.1) is 0 Å². The summed E-state index contributed by atoms with van der Waals surface area (Å²) < 4.78 is 5.28. The van der Waals surface area contributed by atoms with E-state index in [9.17, 15) is 4.79 Å². The minimum absolute atomic E-state index is 0.111. The molecule has 0 spiro atoms. The third-order valence-electron chi connectivity index (χ3n) is 3.95. The topological polar surface area (TPSA) is 41.6 Å². The van der Waals surface area contributed by atoms with E-state index in [1.54, 1.807) is 12.0 Å². The van der Waals surface area contributed by atoms with Crippen LogP contribution in [0.25, 0.3) is 0 Å². The number of rotatable bonds is 5. The molecule has 4 heteroatoms. The van der Waals surface area contributed by atoms with Crippen molar-refractivity contribution in [3.05, 3.63) is 35.4 Å². The van der Waals surface area contributed by atoms with Crippen LogP contribution in [0.5, 0.6) is 0 Å². The van der Waals surface area contributed by atoms with Gasteiger partial charge in [0.1, 0.15) is 0 Å². The van der Waals surface area contributed by atoms with Gasteiger partial charge in [-0.05, 0) is 24.0 Å². The Labute approximate surface area is 121 Å². The molecule has 1 aromatic rings. The highest BCUT2D eigenvalue weighted by atomic mass is 16.5. The summed E-state index contributed by atoms with van der Waals surface area (Å²) in [5.74, 6) is 0.143. The van der Waals surface area contributed by atoms with E-state index >= 15 is 0 Å². The van der Waals surface area contributed by atoms with E-state index < -0.39 is 0 Å². The van der Waals surface area contributed by atoms with E-state index in [-0.39, 0.29) is 18.1 Å². The lowest BCUT2D eigenvalue weighted by Crippen LogP contribution is -2.41. The molecular weight excluding hydrogens is 252 g/mol. The Hall–Kier alpha value is -1.39. The van der Waals surface area contributed by atoms with Gasteiger partial charge in [-0.25, -0.2) is 0 Å². The predicted molar refractivity (Wildman–Crippen MR) is 79.5 cm³/mol. The molecule has 20 heavy (non-hydrogen) atoms. The van der Waals surface area contributed by atoms with E-state index in [0.29, 0.717) is 6.54 Å². The van der Waals surface area contributed by atoms with Crippen molar-refractivity contribution in [3.8, 4) is 0 Å². The smallest absolute Gasteiger partial charge is 0.239 e. The van der Waals surface area contributed by atoms with Crippen LogP contribution in [-0.4, -0.2) is 43.7 Å². The zero-order chi connectivity index (χ0) is 14.5. The van der Waals surface area contributed by atoms with Gasteiger partial charge in [-0.3, -0.25) is 4.79 Å². The number of carbonyl (C=O) groups is 1. The SMILES string of the molecule is CCc1ccc(CN(C)C(=O)C2CC(OC)CN2)cc1. The first-order valence-electron chi connectivity index (χ1n) is 7.23. The summed E-state index contributed by atoms with van der Waals surface area (Å²) in [6.07, 6.45) is 1.95. The van der Waals surface area contributed by atoms with Crippen molar-refractivity contribution in [2.24, 2.45) is 0 Å². The molecular formula is C16H24N2O2. The number of carbonyl (C=O) groups excluding carboxylic acids is 1. The predicted octanol–water partition coefficient (Wildman–Crippen LogP) is 1.58. The molecule has 1 fully saturated rings. The van der Waals surface area contributed by atoms with Gasteiger partial charge in [-0.1, -0.05) is 31.2 Å². The van der Waals surface area contributed by atoms with Crippen LogP contribution in [-0.2, 0) is 22.5 Å². The van der Waals surface area contributed by atoms with Crippen molar-refractivity contribution >= 4 is 5.91 Å². The van der Waals surface area contributed by atoms with Crippen LogP contribution < -0.4 is 5.32 Å². The van der Waals surface area contributed by atoms with Crippen molar-refractivity contribution in [1.82, 2.24) is 10.2 Å². The largest absolute Gasteiger partial charge is 0.380 e. The molecule has 110 valence electrons. The molecule has 0 radical (unpaired) electrons. The van der Waals surface area contributed by atoms with Crippen LogP contribution >= 0.6 is 0 Å². The highest BCUT2D eigenvalue weighted by Gasteiger charge is 2.31. The van der Waals surface area contributed by atoms with Crippen LogP contribution in [0.4, 0.5) is 0 Å². The summed E-state index contributed by atoms with van der Waals surface area (Å²) in [6, 6.07) is 8.34. The van der Waals surface area contributed by atoms with Crippen molar-refractivity contribution in [3.63, 3.8) is 0 Å². The first kappa shape index (κ1) is 15.0. The van der Waals surface area contributed by atoms with E-state index in [0.717, 1.165) is 19.4 Å². The van der Waals surface area contributed by atoms with E-state index in [1.807, 2.05) is 7.05 Å². The first-order valence-corrected chi connectivity index (χ1v) is 7.23. The third kappa shape index (κ3) is 3.58. The van der Waals surface area contributed by atoms with Crippen molar-refractivity contribution in [2.45, 2.75) is 38.5 Å². The average Bonchev–Trinajstić information content (AvgIpc) is 2.96. The quantitative estimate of drug-likeness (QED) is 0.888. The molecule has 2 atom stereocenters. The van der Waals surface area contributed by atoms with Gasteiger partial charge in [-0.2, -0.15) is 0 Å². The second-order valence-electron chi connectivity index (χ2n) is 5.42. The number of aryl methyl sites for hydroxylation is 1. The fourth-order valence-electron chi connectivity index (χ4n) is 2.57. The Balaban J connectivity index is 1.90. The number of hydrogen-bond donors (Lipinski definition) is 1. The number of methoxy groups -OCH3 is 1. The van der Waals surface area contributed by atoms with Crippen LogP contribution in [0.2, 0.25) is 0 Å². The van der Waals surface area contributed by atoms with Crippen LogP contribution in [0.3, 0.4) is 0 Å². The first-order chi connectivity index (χ1) is 9.63. The maximum absolute atomic E-state index is 12.3. The highest BCUT2D eigenvalue weighted by molar-refractivity contribution is 5.82. The summed E-state index contributed by atoms with van der Waals surface area (Å²) in [5, 5.41) is 3.23. The fourth-order valence-corrected chi connectivity index (χ4v) is 2.57. The molecule has 1 amide bonds. The summed E-state index contributed by atoms with van der Waals surface area (Å²) in [6.45, 7) is 3.55. The zero-order valence-electron chi connectivity index (χ0n) is 12.6. The van der Waals surface area contributed by atoms with Gasteiger partial charge in [0.05, 0.1) is 12.1 Å². The Morgan fingerprint density at radius 3 is 2.55 bits per heavy atom. The lowest BCUT2D eigenvalue weighted by Gasteiger charge is -2.21. The van der Waals surface area contributed by atoms with Gasteiger partial charge in [0.25, 0.3) is 0 Å². The number of amides is 1. The lowest BCUT2D eigenvalue weighted by atomic mass is 10.1. The molecule has 0 aromatic heterocycles. The second-order valence-corrected chi connectivity index (χ2v) is 5.42. The van der Waals surface area contributed by atoms with Gasteiger partial charge in [0, 0.05) is 27.2 Å². The number of nitrogens with zero attached hydrogens (tertiary/aromatic N) is 1. The molecule has 4 nitrogen and oxygen atoms in total. The van der Waals surface area contributed by atoms with E-state index in [4.69, 9.17) is 4.74 Å². The number of ether oxygens (including phenoxy) is 1. The summed E-state index contributed by atoms with van der Waals surface area (Å²) in [7, 11) is 3.55. The minimum atomic E-state index is -0.111. The molecule has 0 bridgehead atoms. The molecule has 1 aliphatic heterocycles. The normalized spacial score (nSPS) is 21.9. The summed E-state index contributed by atoms with van der Waals surface area (Å²) >= 11 is 0. The Bertz CT molecular complexity index is 444. The number of benzene rings is 1. The molecule has 1 saturated heterocycles. The van der Waals surface area contributed by atoms with Gasteiger partial charge in [0.2, 0.25) is 5.91 Å². The summed E-state index contributed by atoms with van der Waals surface area (Å²) in [5.41, 5.74) is 2.49. The molecule has 0 aliphatic carbocycles. The van der Waals surface area contributed by atoms with E-state index in [2.05, 4.69) is 36.5 Å². The Kier molecular flexibility index (Phi) is 5.15. The summed E-state index contributed by atoms with van der Waals surface area (Å²) in [4.78, 5) is 14.1. The Morgan fingerprint density at radius 2 is 2.00 bits per heavy atom. The fraction of sp³-hybridized carbons (Fsp3) is 0.562. The molecule has 1 heterocycles. The zero-order valence-corrected chi connectivity index (χ0v) is 12.6. The number of likely N-dealkylation sites (N-methyl/N-ethyl adjacent to an activating group) is 1. The molecule has 1 N–H and O–H groups in total. The maximum Gasteiger partial charge on any atom is 0.239 e. The molecule has 2 unspecified atom stereocenters.